The maximum Gasteiger partial charge on any atom is 0.323 e. The molecule has 1 fully saturated rings. The Morgan fingerprint density at radius 2 is 2.17 bits per heavy atom. The van der Waals surface area contributed by atoms with Crippen molar-refractivity contribution in [3.05, 3.63) is 0 Å². The molecule has 0 bridgehead atoms. The van der Waals surface area contributed by atoms with Crippen LogP contribution in [-0.4, -0.2) is 39.1 Å². The summed E-state index contributed by atoms with van der Waals surface area (Å²) < 4.78 is 5.57. The molecule has 1 aliphatic carbocycles. The number of anilines is 2. The molecule has 1 aromatic heterocycles. The molecule has 0 unspecified atom stereocenters. The Morgan fingerprint density at radius 3 is 2.72 bits per heavy atom. The van der Waals surface area contributed by atoms with E-state index in [1.165, 1.54) is 19.3 Å². The zero-order valence-corrected chi connectivity index (χ0v) is 11.6. The van der Waals surface area contributed by atoms with Crippen LogP contribution < -0.4 is 15.8 Å². The summed E-state index contributed by atoms with van der Waals surface area (Å²) in [5, 5.41) is 3.23. The lowest BCUT2D eigenvalue weighted by Crippen LogP contribution is -2.40. The number of thioether (sulfide) groups is 1. The molecule has 0 spiro atoms. The summed E-state index contributed by atoms with van der Waals surface area (Å²) in [6.45, 7) is 3.24. The van der Waals surface area contributed by atoms with Crippen molar-refractivity contribution < 1.29 is 4.74 Å². The molecular formula is C11H19N5OS. The molecule has 0 aromatic carbocycles. The highest BCUT2D eigenvalue weighted by Crippen LogP contribution is 2.42. The molecule has 7 heteroatoms. The summed E-state index contributed by atoms with van der Waals surface area (Å²) in [6, 6.07) is 0.277. The van der Waals surface area contributed by atoms with Crippen LogP contribution in [0.3, 0.4) is 0 Å². The summed E-state index contributed by atoms with van der Waals surface area (Å²) >= 11 is 1.90. The number of rotatable bonds is 6. The number of nitrogens with two attached hydrogens (primary N) is 1. The summed E-state index contributed by atoms with van der Waals surface area (Å²) in [4.78, 5) is 12.2. The number of nitrogen functional groups attached to an aromatic ring is 1. The van der Waals surface area contributed by atoms with Crippen molar-refractivity contribution in [1.82, 2.24) is 15.0 Å². The smallest absolute Gasteiger partial charge is 0.323 e. The van der Waals surface area contributed by atoms with E-state index in [0.717, 1.165) is 6.54 Å². The van der Waals surface area contributed by atoms with Crippen molar-refractivity contribution in [3.8, 4) is 6.01 Å². The topological polar surface area (TPSA) is 86.0 Å². The SMILES string of the molecule is CCOc1nc(N)nc(NCC2(SC)CCC2)n1. The normalized spacial score (nSPS) is 17.0. The Kier molecular flexibility index (Phi) is 4.11. The van der Waals surface area contributed by atoms with Crippen LogP contribution in [0.4, 0.5) is 11.9 Å². The van der Waals surface area contributed by atoms with E-state index >= 15 is 0 Å². The highest BCUT2D eigenvalue weighted by atomic mass is 32.2. The van der Waals surface area contributed by atoms with Crippen LogP contribution in [-0.2, 0) is 0 Å². The number of nitrogens with zero attached hydrogens (tertiary/aromatic N) is 3. The van der Waals surface area contributed by atoms with E-state index in [0.29, 0.717) is 17.3 Å². The van der Waals surface area contributed by atoms with E-state index in [4.69, 9.17) is 10.5 Å². The number of aromatic nitrogens is 3. The maximum atomic E-state index is 5.62. The first-order valence-corrected chi connectivity index (χ1v) is 7.33. The zero-order chi connectivity index (χ0) is 13.0. The minimum Gasteiger partial charge on any atom is -0.464 e. The molecule has 3 N–H and O–H groups in total. The third-order valence-corrected chi connectivity index (χ3v) is 4.59. The van der Waals surface area contributed by atoms with Gasteiger partial charge in [0.2, 0.25) is 11.9 Å². The number of nitrogens with one attached hydrogen (secondary N) is 1. The maximum absolute atomic E-state index is 5.62. The second-order valence-electron chi connectivity index (χ2n) is 4.33. The summed E-state index contributed by atoms with van der Waals surface area (Å²) in [6.07, 6.45) is 5.92. The molecule has 0 atom stereocenters. The first-order chi connectivity index (χ1) is 8.67. The highest BCUT2D eigenvalue weighted by molar-refractivity contribution is 8.00. The van der Waals surface area contributed by atoms with Crippen molar-refractivity contribution in [3.63, 3.8) is 0 Å². The fraction of sp³-hybridized carbons (Fsp3) is 0.727. The van der Waals surface area contributed by atoms with E-state index in [-0.39, 0.29) is 12.0 Å². The number of hydrogen-bond donors (Lipinski definition) is 2. The van der Waals surface area contributed by atoms with Gasteiger partial charge in [0.25, 0.3) is 0 Å². The lowest BCUT2D eigenvalue weighted by atomic mass is 9.84. The molecule has 1 aromatic rings. The van der Waals surface area contributed by atoms with Gasteiger partial charge >= 0.3 is 6.01 Å². The predicted octanol–water partition coefficient (Wildman–Crippen LogP) is 1.55. The second kappa shape index (κ2) is 5.60. The Labute approximate surface area is 111 Å². The van der Waals surface area contributed by atoms with Gasteiger partial charge in [-0.15, -0.1) is 0 Å². The average Bonchev–Trinajstić information content (AvgIpc) is 2.28. The van der Waals surface area contributed by atoms with Gasteiger partial charge < -0.3 is 15.8 Å². The fourth-order valence-electron chi connectivity index (χ4n) is 1.91. The molecule has 2 rings (SSSR count). The molecule has 100 valence electrons. The molecule has 0 saturated heterocycles. The van der Waals surface area contributed by atoms with Crippen molar-refractivity contribution >= 4 is 23.7 Å². The Hall–Kier alpha value is -1.24. The minimum atomic E-state index is 0.183. The highest BCUT2D eigenvalue weighted by Gasteiger charge is 2.36. The van der Waals surface area contributed by atoms with Gasteiger partial charge in [-0.2, -0.15) is 26.7 Å². The molecule has 18 heavy (non-hydrogen) atoms. The van der Waals surface area contributed by atoms with Gasteiger partial charge in [0.1, 0.15) is 0 Å². The van der Waals surface area contributed by atoms with Crippen LogP contribution >= 0.6 is 11.8 Å². The van der Waals surface area contributed by atoms with E-state index in [9.17, 15) is 0 Å². The Bertz CT molecular complexity index is 405. The molecule has 1 saturated carbocycles. The van der Waals surface area contributed by atoms with Crippen LogP contribution in [0.5, 0.6) is 6.01 Å². The molecule has 0 aliphatic heterocycles. The predicted molar refractivity (Wildman–Crippen MR) is 74.0 cm³/mol. The van der Waals surface area contributed by atoms with Gasteiger partial charge in [0.15, 0.2) is 0 Å². The molecule has 6 nitrogen and oxygen atoms in total. The van der Waals surface area contributed by atoms with Crippen LogP contribution in [0.1, 0.15) is 26.2 Å². The molecule has 0 radical (unpaired) electrons. The van der Waals surface area contributed by atoms with E-state index < -0.39 is 0 Å². The zero-order valence-electron chi connectivity index (χ0n) is 10.8. The van der Waals surface area contributed by atoms with Crippen molar-refractivity contribution in [2.45, 2.75) is 30.9 Å². The quantitative estimate of drug-likeness (QED) is 0.810. The van der Waals surface area contributed by atoms with E-state index in [1.807, 2.05) is 18.7 Å². The lowest BCUT2D eigenvalue weighted by molar-refractivity contribution is 0.312. The van der Waals surface area contributed by atoms with Crippen molar-refractivity contribution in [1.29, 1.82) is 0 Å². The van der Waals surface area contributed by atoms with Gasteiger partial charge in [-0.1, -0.05) is 6.42 Å². The second-order valence-corrected chi connectivity index (χ2v) is 5.60. The van der Waals surface area contributed by atoms with E-state index in [2.05, 4.69) is 26.5 Å². The van der Waals surface area contributed by atoms with Gasteiger partial charge in [-0.3, -0.25) is 0 Å². The van der Waals surface area contributed by atoms with Gasteiger partial charge in [0.05, 0.1) is 6.61 Å². The van der Waals surface area contributed by atoms with Crippen molar-refractivity contribution in [2.24, 2.45) is 0 Å². The van der Waals surface area contributed by atoms with Crippen LogP contribution in [0.15, 0.2) is 0 Å². The number of ether oxygens (including phenoxy) is 1. The van der Waals surface area contributed by atoms with Crippen molar-refractivity contribution in [2.75, 3.05) is 30.5 Å². The molecule has 0 amide bonds. The fourth-order valence-corrected chi connectivity index (χ4v) is 2.82. The summed E-state index contributed by atoms with van der Waals surface area (Å²) in [5.41, 5.74) is 5.62. The lowest BCUT2D eigenvalue weighted by Gasteiger charge is -2.40. The average molecular weight is 269 g/mol. The largest absolute Gasteiger partial charge is 0.464 e. The summed E-state index contributed by atoms with van der Waals surface area (Å²) in [7, 11) is 0. The Morgan fingerprint density at radius 1 is 1.39 bits per heavy atom. The van der Waals surface area contributed by atoms with E-state index in [1.54, 1.807) is 0 Å². The molecule has 1 aliphatic rings. The van der Waals surface area contributed by atoms with Crippen LogP contribution in [0.2, 0.25) is 0 Å². The van der Waals surface area contributed by atoms with Crippen LogP contribution in [0, 0.1) is 0 Å². The molecular weight excluding hydrogens is 250 g/mol. The molecule has 1 heterocycles. The van der Waals surface area contributed by atoms with Gasteiger partial charge in [-0.25, -0.2) is 0 Å². The Balaban J connectivity index is 2.00. The van der Waals surface area contributed by atoms with Gasteiger partial charge in [-0.05, 0) is 26.0 Å². The first-order valence-electron chi connectivity index (χ1n) is 6.11. The minimum absolute atomic E-state index is 0.183. The standard InChI is InChI=1S/C11H19N5OS/c1-3-17-10-15-8(12)14-9(16-10)13-7-11(18-2)5-4-6-11/h3-7H2,1-2H3,(H3,12,13,14,15,16). The third kappa shape index (κ3) is 2.95. The van der Waals surface area contributed by atoms with Crippen LogP contribution in [0.25, 0.3) is 0 Å². The third-order valence-electron chi connectivity index (χ3n) is 3.17. The monoisotopic (exact) mass is 269 g/mol. The van der Waals surface area contributed by atoms with Gasteiger partial charge in [0, 0.05) is 11.3 Å². The first kappa shape index (κ1) is 13.2. The number of hydrogen-bond acceptors (Lipinski definition) is 7. The summed E-state index contributed by atoms with van der Waals surface area (Å²) in [5.74, 6) is 0.675.